The van der Waals surface area contributed by atoms with Crippen LogP contribution in [0.15, 0.2) is 28.7 Å². The number of halogens is 1. The first-order chi connectivity index (χ1) is 9.15. The molecule has 1 aliphatic rings. The Morgan fingerprint density at radius 3 is 2.84 bits per heavy atom. The number of hydrogen-bond donors (Lipinski definition) is 1. The number of hydrogen-bond acceptors (Lipinski definition) is 2. The first-order valence-corrected chi connectivity index (χ1v) is 7.63. The molecule has 0 atom stereocenters. The second-order valence-corrected chi connectivity index (χ2v) is 6.19. The Morgan fingerprint density at radius 2 is 2.16 bits per heavy atom. The van der Waals surface area contributed by atoms with Crippen molar-refractivity contribution in [2.75, 3.05) is 20.1 Å². The molecule has 0 aromatic heterocycles. The smallest absolute Gasteiger partial charge is 0.222 e. The van der Waals surface area contributed by atoms with Crippen molar-refractivity contribution in [3.63, 3.8) is 0 Å². The molecule has 1 saturated heterocycles. The molecule has 3 nitrogen and oxygen atoms in total. The monoisotopic (exact) mass is 324 g/mol. The van der Waals surface area contributed by atoms with Crippen LogP contribution in [0.4, 0.5) is 0 Å². The molecular weight excluding hydrogens is 304 g/mol. The van der Waals surface area contributed by atoms with E-state index in [9.17, 15) is 4.79 Å². The summed E-state index contributed by atoms with van der Waals surface area (Å²) in [7, 11) is 1.89. The molecule has 1 heterocycles. The highest BCUT2D eigenvalue weighted by molar-refractivity contribution is 9.10. The zero-order valence-electron chi connectivity index (χ0n) is 11.4. The minimum absolute atomic E-state index is 0.256. The molecular formula is C15H21BrN2O. The number of carbonyl (C=O) groups is 1. The molecule has 0 unspecified atom stereocenters. The molecule has 1 aliphatic heterocycles. The summed E-state index contributed by atoms with van der Waals surface area (Å²) in [5, 5.41) is 3.33. The molecule has 0 radical (unpaired) electrons. The summed E-state index contributed by atoms with van der Waals surface area (Å²) in [5.74, 6) is 0.811. The SMILES string of the molecule is CN(Cc1cccc(Br)c1)C(=O)CC1CCNCC1. The van der Waals surface area contributed by atoms with Crippen LogP contribution in [0.1, 0.15) is 24.8 Å². The van der Waals surface area contributed by atoms with Crippen molar-refractivity contribution >= 4 is 21.8 Å². The Balaban J connectivity index is 1.84. The molecule has 1 aromatic carbocycles. The number of carbonyl (C=O) groups excluding carboxylic acids is 1. The largest absolute Gasteiger partial charge is 0.341 e. The summed E-state index contributed by atoms with van der Waals surface area (Å²) in [5.41, 5.74) is 1.16. The van der Waals surface area contributed by atoms with Gasteiger partial charge in [-0.1, -0.05) is 28.1 Å². The lowest BCUT2D eigenvalue weighted by Gasteiger charge is -2.25. The van der Waals surface area contributed by atoms with Crippen molar-refractivity contribution in [3.8, 4) is 0 Å². The van der Waals surface area contributed by atoms with E-state index in [1.165, 1.54) is 0 Å². The number of nitrogens with one attached hydrogen (secondary N) is 1. The van der Waals surface area contributed by atoms with Crippen molar-refractivity contribution in [1.29, 1.82) is 0 Å². The standard InChI is InChI=1S/C15H21BrN2O/c1-18(11-13-3-2-4-14(16)9-13)15(19)10-12-5-7-17-8-6-12/h2-4,9,12,17H,5-8,10-11H2,1H3. The van der Waals surface area contributed by atoms with Crippen LogP contribution in [0.5, 0.6) is 0 Å². The van der Waals surface area contributed by atoms with E-state index in [4.69, 9.17) is 0 Å². The average Bonchev–Trinajstić information content (AvgIpc) is 2.40. The van der Waals surface area contributed by atoms with E-state index in [1.54, 1.807) is 0 Å². The summed E-state index contributed by atoms with van der Waals surface area (Å²) in [6, 6.07) is 8.12. The second-order valence-electron chi connectivity index (χ2n) is 5.28. The molecule has 4 heteroatoms. The molecule has 1 fully saturated rings. The minimum atomic E-state index is 0.256. The van der Waals surface area contributed by atoms with Crippen LogP contribution in [-0.4, -0.2) is 30.9 Å². The normalized spacial score (nSPS) is 16.3. The van der Waals surface area contributed by atoms with Gasteiger partial charge in [0.1, 0.15) is 0 Å². The summed E-state index contributed by atoms with van der Waals surface area (Å²) < 4.78 is 1.06. The zero-order valence-corrected chi connectivity index (χ0v) is 12.9. The van der Waals surface area contributed by atoms with Gasteiger partial charge in [0, 0.05) is 24.5 Å². The van der Waals surface area contributed by atoms with Crippen LogP contribution in [0, 0.1) is 5.92 Å². The third kappa shape index (κ3) is 4.62. The Morgan fingerprint density at radius 1 is 1.42 bits per heavy atom. The fourth-order valence-electron chi connectivity index (χ4n) is 2.49. The van der Waals surface area contributed by atoms with E-state index < -0.39 is 0 Å². The zero-order chi connectivity index (χ0) is 13.7. The second kappa shape index (κ2) is 7.06. The van der Waals surface area contributed by atoms with Gasteiger partial charge < -0.3 is 10.2 Å². The van der Waals surface area contributed by atoms with Crippen LogP contribution in [0.25, 0.3) is 0 Å². The van der Waals surface area contributed by atoms with Crippen LogP contribution in [0.2, 0.25) is 0 Å². The van der Waals surface area contributed by atoms with Gasteiger partial charge in [-0.05, 0) is 49.5 Å². The first-order valence-electron chi connectivity index (χ1n) is 6.84. The number of nitrogens with zero attached hydrogens (tertiary/aromatic N) is 1. The summed E-state index contributed by atoms with van der Waals surface area (Å²) in [4.78, 5) is 14.0. The lowest BCUT2D eigenvalue weighted by molar-refractivity contribution is -0.131. The molecule has 0 saturated carbocycles. The van der Waals surface area contributed by atoms with Crippen molar-refractivity contribution in [2.24, 2.45) is 5.92 Å². The van der Waals surface area contributed by atoms with E-state index in [2.05, 4.69) is 33.4 Å². The van der Waals surface area contributed by atoms with E-state index >= 15 is 0 Å². The van der Waals surface area contributed by atoms with Crippen molar-refractivity contribution < 1.29 is 4.79 Å². The molecule has 1 N–H and O–H groups in total. The van der Waals surface area contributed by atoms with Crippen LogP contribution < -0.4 is 5.32 Å². The molecule has 104 valence electrons. The number of piperidine rings is 1. The van der Waals surface area contributed by atoms with Crippen molar-refractivity contribution in [3.05, 3.63) is 34.3 Å². The fraction of sp³-hybridized carbons (Fsp3) is 0.533. The maximum Gasteiger partial charge on any atom is 0.222 e. The maximum absolute atomic E-state index is 12.2. The molecule has 0 aliphatic carbocycles. The highest BCUT2D eigenvalue weighted by atomic mass is 79.9. The predicted octanol–water partition coefficient (Wildman–Crippen LogP) is 2.80. The molecule has 0 bridgehead atoms. The maximum atomic E-state index is 12.2. The highest BCUT2D eigenvalue weighted by Gasteiger charge is 2.19. The van der Waals surface area contributed by atoms with Crippen LogP contribution >= 0.6 is 15.9 Å². The lowest BCUT2D eigenvalue weighted by Crippen LogP contribution is -2.33. The van der Waals surface area contributed by atoms with Gasteiger partial charge in [0.05, 0.1) is 0 Å². The van der Waals surface area contributed by atoms with Gasteiger partial charge in [-0.25, -0.2) is 0 Å². The van der Waals surface area contributed by atoms with E-state index in [0.717, 1.165) is 36.0 Å². The van der Waals surface area contributed by atoms with Crippen LogP contribution in [0.3, 0.4) is 0 Å². The van der Waals surface area contributed by atoms with Crippen molar-refractivity contribution in [2.45, 2.75) is 25.8 Å². The molecule has 1 amide bonds. The lowest BCUT2D eigenvalue weighted by atomic mass is 9.94. The number of rotatable bonds is 4. The predicted molar refractivity (Wildman–Crippen MR) is 80.8 cm³/mol. The highest BCUT2D eigenvalue weighted by Crippen LogP contribution is 2.18. The topological polar surface area (TPSA) is 32.3 Å². The van der Waals surface area contributed by atoms with Gasteiger partial charge in [-0.15, -0.1) is 0 Å². The van der Waals surface area contributed by atoms with Gasteiger partial charge in [-0.2, -0.15) is 0 Å². The van der Waals surface area contributed by atoms with Gasteiger partial charge >= 0.3 is 0 Å². The molecule has 19 heavy (non-hydrogen) atoms. The molecule has 2 rings (SSSR count). The van der Waals surface area contributed by atoms with E-state index in [0.29, 0.717) is 18.9 Å². The number of benzene rings is 1. The van der Waals surface area contributed by atoms with Crippen molar-refractivity contribution in [1.82, 2.24) is 10.2 Å². The van der Waals surface area contributed by atoms with Crippen LogP contribution in [-0.2, 0) is 11.3 Å². The Hall–Kier alpha value is -0.870. The summed E-state index contributed by atoms with van der Waals surface area (Å²) >= 11 is 3.46. The summed E-state index contributed by atoms with van der Waals surface area (Å²) in [6.45, 7) is 2.78. The molecule has 1 aromatic rings. The quantitative estimate of drug-likeness (QED) is 0.923. The van der Waals surface area contributed by atoms with E-state index in [-0.39, 0.29) is 5.91 Å². The minimum Gasteiger partial charge on any atom is -0.341 e. The Bertz CT molecular complexity index is 430. The van der Waals surface area contributed by atoms with Gasteiger partial charge in [0.2, 0.25) is 5.91 Å². The van der Waals surface area contributed by atoms with E-state index in [1.807, 2.05) is 24.1 Å². The first kappa shape index (κ1) is 14.5. The third-order valence-electron chi connectivity index (χ3n) is 3.66. The Labute approximate surface area is 123 Å². The van der Waals surface area contributed by atoms with Gasteiger partial charge in [0.15, 0.2) is 0 Å². The third-order valence-corrected chi connectivity index (χ3v) is 4.15. The van der Waals surface area contributed by atoms with Gasteiger partial charge in [-0.3, -0.25) is 4.79 Å². The van der Waals surface area contributed by atoms with Gasteiger partial charge in [0.25, 0.3) is 0 Å². The number of amides is 1. The molecule has 0 spiro atoms. The Kier molecular flexibility index (Phi) is 5.40. The fourth-order valence-corrected chi connectivity index (χ4v) is 2.93. The summed E-state index contributed by atoms with van der Waals surface area (Å²) in [6.07, 6.45) is 2.93. The average molecular weight is 325 g/mol.